The molecule has 0 spiro atoms. The summed E-state index contributed by atoms with van der Waals surface area (Å²) < 4.78 is 2.09. The molecule has 0 aliphatic heterocycles. The van der Waals surface area contributed by atoms with Gasteiger partial charge in [0.05, 0.1) is 0 Å². The van der Waals surface area contributed by atoms with Gasteiger partial charge in [-0.15, -0.1) is 10.2 Å². The Morgan fingerprint density at radius 3 is 2.48 bits per heavy atom. The molecule has 0 saturated heterocycles. The van der Waals surface area contributed by atoms with Gasteiger partial charge in [-0.25, -0.2) is 4.79 Å². The number of hydrogen-bond acceptors (Lipinski definition) is 6. The highest BCUT2D eigenvalue weighted by atomic mass is 32.2. The lowest BCUT2D eigenvalue weighted by molar-refractivity contribution is -0.119. The lowest BCUT2D eigenvalue weighted by atomic mass is 10.1. The second-order valence-corrected chi connectivity index (χ2v) is 7.69. The lowest BCUT2D eigenvalue weighted by Gasteiger charge is -2.17. The van der Waals surface area contributed by atoms with Crippen LogP contribution in [0.2, 0.25) is 0 Å². The predicted molar refractivity (Wildman–Crippen MR) is 109 cm³/mol. The van der Waals surface area contributed by atoms with Crippen LogP contribution < -0.4 is 10.6 Å². The third kappa shape index (κ3) is 4.29. The molecular weight excluding hydrogens is 388 g/mol. The summed E-state index contributed by atoms with van der Waals surface area (Å²) in [7, 11) is 1.47. The largest absolute Gasteiger partial charge is 0.341 e. The monoisotopic (exact) mass is 408 g/mol. The van der Waals surface area contributed by atoms with Crippen LogP contribution in [0.4, 0.5) is 4.79 Å². The van der Waals surface area contributed by atoms with Crippen LogP contribution >= 0.6 is 11.8 Å². The Hall–Kier alpha value is -3.20. The van der Waals surface area contributed by atoms with Crippen molar-refractivity contribution >= 4 is 23.7 Å². The molecule has 2 N–H and O–H groups in total. The van der Waals surface area contributed by atoms with Crippen molar-refractivity contribution in [1.29, 1.82) is 0 Å². The Kier molecular flexibility index (Phi) is 5.57. The fourth-order valence-corrected chi connectivity index (χ4v) is 4.07. The maximum Gasteiger partial charge on any atom is 0.321 e. The van der Waals surface area contributed by atoms with Crippen LogP contribution in [0.15, 0.2) is 60.0 Å². The second kappa shape index (κ2) is 8.44. The smallest absolute Gasteiger partial charge is 0.321 e. The van der Waals surface area contributed by atoms with Gasteiger partial charge in [-0.1, -0.05) is 42.1 Å². The number of pyridine rings is 1. The van der Waals surface area contributed by atoms with Gasteiger partial charge in [0.2, 0.25) is 5.91 Å². The molecule has 1 aliphatic rings. The van der Waals surface area contributed by atoms with E-state index >= 15 is 0 Å². The molecular formula is C20H20N6O2S. The number of amides is 3. The minimum absolute atomic E-state index is 0.314. The molecule has 9 heteroatoms. The summed E-state index contributed by atoms with van der Waals surface area (Å²) in [4.78, 5) is 28.6. The van der Waals surface area contributed by atoms with Crippen molar-refractivity contribution < 1.29 is 9.59 Å². The van der Waals surface area contributed by atoms with Crippen molar-refractivity contribution in [2.24, 2.45) is 0 Å². The van der Waals surface area contributed by atoms with Gasteiger partial charge in [0.15, 0.2) is 11.0 Å². The topological polar surface area (TPSA) is 102 Å². The summed E-state index contributed by atoms with van der Waals surface area (Å²) in [5, 5.41) is 13.6. The van der Waals surface area contributed by atoms with Gasteiger partial charge in [-0.3, -0.25) is 19.7 Å². The van der Waals surface area contributed by atoms with Crippen LogP contribution in [0, 0.1) is 0 Å². The van der Waals surface area contributed by atoms with Gasteiger partial charge < -0.3 is 5.32 Å². The van der Waals surface area contributed by atoms with E-state index in [0.29, 0.717) is 11.2 Å². The standard InChI is InChI=1S/C20H20N6O2S/c1-21-19(28)23-18(27)16(13-5-3-2-4-6-13)29-20-25-24-17(26(20)15-7-8-15)14-9-11-22-12-10-14/h2-6,9-12,15-16H,7-8H2,1H3,(H2,21,23,27,28)/t16-/m1/s1. The van der Waals surface area contributed by atoms with Crippen LogP contribution in [0.3, 0.4) is 0 Å². The van der Waals surface area contributed by atoms with Gasteiger partial charge in [-0.2, -0.15) is 0 Å². The zero-order valence-electron chi connectivity index (χ0n) is 15.8. The van der Waals surface area contributed by atoms with Gasteiger partial charge >= 0.3 is 6.03 Å². The number of benzene rings is 1. The number of hydrogen-bond donors (Lipinski definition) is 2. The number of carbonyl (C=O) groups excluding carboxylic acids is 2. The molecule has 8 nitrogen and oxygen atoms in total. The third-order valence-electron chi connectivity index (χ3n) is 4.54. The van der Waals surface area contributed by atoms with Crippen molar-refractivity contribution in [2.75, 3.05) is 7.05 Å². The molecule has 2 heterocycles. The zero-order chi connectivity index (χ0) is 20.2. The van der Waals surface area contributed by atoms with E-state index in [2.05, 4.69) is 30.4 Å². The van der Waals surface area contributed by atoms with E-state index in [1.165, 1.54) is 18.8 Å². The molecule has 1 atom stereocenters. The van der Waals surface area contributed by atoms with Gasteiger partial charge in [0.25, 0.3) is 0 Å². The third-order valence-corrected chi connectivity index (χ3v) is 5.75. The van der Waals surface area contributed by atoms with Crippen molar-refractivity contribution in [3.05, 3.63) is 60.4 Å². The molecule has 148 valence electrons. The summed E-state index contributed by atoms with van der Waals surface area (Å²) in [5.41, 5.74) is 1.71. The minimum atomic E-state index is -0.638. The molecule has 0 unspecified atom stereocenters. The number of urea groups is 1. The highest BCUT2D eigenvalue weighted by Crippen LogP contribution is 2.44. The van der Waals surface area contributed by atoms with E-state index in [1.54, 1.807) is 12.4 Å². The SMILES string of the molecule is CNC(=O)NC(=O)[C@H](Sc1nnc(-c2ccncc2)n1C1CC1)c1ccccc1. The first-order valence-electron chi connectivity index (χ1n) is 9.27. The van der Waals surface area contributed by atoms with Gasteiger partial charge in [0, 0.05) is 31.0 Å². The Morgan fingerprint density at radius 2 is 1.83 bits per heavy atom. The molecule has 0 bridgehead atoms. The molecule has 3 aromatic rings. The fourth-order valence-electron chi connectivity index (χ4n) is 2.96. The minimum Gasteiger partial charge on any atom is -0.341 e. The quantitative estimate of drug-likeness (QED) is 0.608. The van der Waals surface area contributed by atoms with E-state index in [-0.39, 0.29) is 0 Å². The van der Waals surface area contributed by atoms with Crippen LogP contribution in [0.25, 0.3) is 11.4 Å². The normalized spacial score (nSPS) is 14.2. The van der Waals surface area contributed by atoms with Crippen molar-refractivity contribution in [3.63, 3.8) is 0 Å². The first kappa shape index (κ1) is 19.1. The molecule has 1 fully saturated rings. The number of carbonyl (C=O) groups is 2. The number of nitrogens with zero attached hydrogens (tertiary/aromatic N) is 4. The average Bonchev–Trinajstić information content (AvgIpc) is 3.52. The number of nitrogens with one attached hydrogen (secondary N) is 2. The summed E-state index contributed by atoms with van der Waals surface area (Å²) >= 11 is 1.29. The van der Waals surface area contributed by atoms with Crippen LogP contribution in [0.5, 0.6) is 0 Å². The fraction of sp³-hybridized carbons (Fsp3) is 0.250. The van der Waals surface area contributed by atoms with Crippen molar-refractivity contribution in [1.82, 2.24) is 30.4 Å². The maximum atomic E-state index is 12.8. The van der Waals surface area contributed by atoms with Crippen molar-refractivity contribution in [3.8, 4) is 11.4 Å². The molecule has 3 amide bonds. The van der Waals surface area contributed by atoms with E-state index < -0.39 is 17.2 Å². The maximum absolute atomic E-state index is 12.8. The van der Waals surface area contributed by atoms with E-state index in [0.717, 1.165) is 29.8 Å². The summed E-state index contributed by atoms with van der Waals surface area (Å²) in [6.07, 6.45) is 5.53. The highest BCUT2D eigenvalue weighted by Gasteiger charge is 2.33. The number of rotatable bonds is 6. The second-order valence-electron chi connectivity index (χ2n) is 6.62. The van der Waals surface area contributed by atoms with Gasteiger partial charge in [0.1, 0.15) is 5.25 Å². The summed E-state index contributed by atoms with van der Waals surface area (Å²) in [5.74, 6) is 0.354. The Labute approximate surface area is 172 Å². The Morgan fingerprint density at radius 1 is 1.10 bits per heavy atom. The summed E-state index contributed by atoms with van der Waals surface area (Å²) in [6, 6.07) is 12.9. The molecule has 1 aliphatic carbocycles. The number of aromatic nitrogens is 4. The lowest BCUT2D eigenvalue weighted by Crippen LogP contribution is -2.39. The summed E-state index contributed by atoms with van der Waals surface area (Å²) in [6.45, 7) is 0. The number of imide groups is 1. The van der Waals surface area contributed by atoms with E-state index in [9.17, 15) is 9.59 Å². The molecule has 29 heavy (non-hydrogen) atoms. The van der Waals surface area contributed by atoms with Crippen molar-refractivity contribution in [2.45, 2.75) is 29.3 Å². The average molecular weight is 408 g/mol. The molecule has 0 radical (unpaired) electrons. The zero-order valence-corrected chi connectivity index (χ0v) is 16.6. The van der Waals surface area contributed by atoms with E-state index in [1.807, 2.05) is 42.5 Å². The van der Waals surface area contributed by atoms with E-state index in [4.69, 9.17) is 0 Å². The van der Waals surface area contributed by atoms with Gasteiger partial charge in [-0.05, 0) is 30.5 Å². The molecule has 1 saturated carbocycles. The highest BCUT2D eigenvalue weighted by molar-refractivity contribution is 8.00. The number of thioether (sulfide) groups is 1. The first-order valence-corrected chi connectivity index (χ1v) is 10.1. The van der Waals surface area contributed by atoms with Crippen LogP contribution in [-0.2, 0) is 4.79 Å². The molecule has 4 rings (SSSR count). The first-order chi connectivity index (χ1) is 14.2. The Bertz CT molecular complexity index is 1000. The Balaban J connectivity index is 1.68. The van der Waals surface area contributed by atoms with Crippen LogP contribution in [0.1, 0.15) is 29.7 Å². The predicted octanol–water partition coefficient (Wildman–Crippen LogP) is 2.96. The molecule has 2 aromatic heterocycles. The molecule has 1 aromatic carbocycles. The van der Waals surface area contributed by atoms with Crippen LogP contribution in [-0.4, -0.2) is 38.7 Å².